The first-order chi connectivity index (χ1) is 13.6. The summed E-state index contributed by atoms with van der Waals surface area (Å²) in [5.74, 6) is 0.265. The van der Waals surface area contributed by atoms with Gasteiger partial charge in [0.2, 0.25) is 0 Å². The van der Waals surface area contributed by atoms with E-state index >= 15 is 0 Å². The molecule has 7 heteroatoms. The number of rotatable bonds is 2. The summed E-state index contributed by atoms with van der Waals surface area (Å²) in [5.41, 5.74) is 3.30. The lowest BCUT2D eigenvalue weighted by Crippen LogP contribution is -2.18. The van der Waals surface area contributed by atoms with E-state index in [2.05, 4.69) is 20.1 Å². The van der Waals surface area contributed by atoms with Gasteiger partial charge in [-0.05, 0) is 37.3 Å². The van der Waals surface area contributed by atoms with E-state index in [9.17, 15) is 9.90 Å². The maximum Gasteiger partial charge on any atom is 0.257 e. The third kappa shape index (κ3) is 2.79. The molecule has 1 aliphatic rings. The fraction of sp³-hybridized carbons (Fsp3) is 0.333. The maximum absolute atomic E-state index is 12.7. The number of fused-ring (bicyclic) bond motifs is 3. The first kappa shape index (κ1) is 17.1. The number of nitrogens with zero attached hydrogens (tertiary/aromatic N) is 4. The number of benzene rings is 1. The van der Waals surface area contributed by atoms with Crippen molar-refractivity contribution in [2.75, 3.05) is 0 Å². The molecule has 0 aliphatic heterocycles. The van der Waals surface area contributed by atoms with Crippen molar-refractivity contribution in [3.8, 4) is 11.1 Å². The number of aliphatic hydroxyl groups excluding tert-OH is 1. The highest BCUT2D eigenvalue weighted by Crippen LogP contribution is 2.37. The topological polar surface area (TPSA) is 96.7 Å². The minimum atomic E-state index is -0.219. The van der Waals surface area contributed by atoms with E-state index in [1.807, 2.05) is 31.4 Å². The standard InChI is InChI=1S/C21H21N5O2/c1-26-10-14(9-24-26)13-4-7-16-17(8-13)21(28)25-20-18(16)19(22-11-23-20)12-2-5-15(27)6-3-12/h4,7-12,15,27H,2-3,5-6H2,1H3,(H,22,23,25,28). The van der Waals surface area contributed by atoms with Gasteiger partial charge < -0.3 is 10.1 Å². The molecule has 2 N–H and O–H groups in total. The number of pyridine rings is 1. The van der Waals surface area contributed by atoms with Gasteiger partial charge in [-0.15, -0.1) is 0 Å². The molecule has 142 valence electrons. The summed E-state index contributed by atoms with van der Waals surface area (Å²) in [7, 11) is 1.87. The zero-order valence-electron chi connectivity index (χ0n) is 15.6. The molecule has 28 heavy (non-hydrogen) atoms. The van der Waals surface area contributed by atoms with Gasteiger partial charge in [0.05, 0.1) is 18.0 Å². The van der Waals surface area contributed by atoms with Crippen LogP contribution in [0.3, 0.4) is 0 Å². The Morgan fingerprint density at radius 2 is 1.93 bits per heavy atom. The molecule has 0 spiro atoms. The predicted octanol–water partition coefficient (Wildman–Crippen LogP) is 2.89. The molecule has 0 unspecified atom stereocenters. The molecule has 0 bridgehead atoms. The fourth-order valence-electron chi connectivity index (χ4n) is 4.29. The molecule has 7 nitrogen and oxygen atoms in total. The number of H-pyrrole nitrogens is 1. The van der Waals surface area contributed by atoms with Crippen molar-refractivity contribution in [3.05, 3.63) is 53.0 Å². The third-order valence-corrected chi connectivity index (χ3v) is 5.76. The lowest BCUT2D eigenvalue weighted by molar-refractivity contribution is 0.122. The lowest BCUT2D eigenvalue weighted by Gasteiger charge is -2.25. The van der Waals surface area contributed by atoms with Gasteiger partial charge in [-0.1, -0.05) is 12.1 Å². The molecular formula is C21H21N5O2. The van der Waals surface area contributed by atoms with Crippen LogP contribution in [0, 0.1) is 0 Å². The summed E-state index contributed by atoms with van der Waals surface area (Å²) in [4.78, 5) is 24.6. The minimum Gasteiger partial charge on any atom is -0.393 e. The van der Waals surface area contributed by atoms with Gasteiger partial charge in [-0.3, -0.25) is 9.48 Å². The molecule has 4 aromatic rings. The van der Waals surface area contributed by atoms with Crippen LogP contribution in [0.25, 0.3) is 32.9 Å². The summed E-state index contributed by atoms with van der Waals surface area (Å²) < 4.78 is 1.74. The summed E-state index contributed by atoms with van der Waals surface area (Å²) in [6.45, 7) is 0. The minimum absolute atomic E-state index is 0.156. The Labute approximate surface area is 161 Å². The van der Waals surface area contributed by atoms with Crippen molar-refractivity contribution in [2.24, 2.45) is 7.05 Å². The molecule has 3 aromatic heterocycles. The Kier molecular flexibility index (Phi) is 3.98. The summed E-state index contributed by atoms with van der Waals surface area (Å²) in [6, 6.07) is 5.91. The molecule has 0 radical (unpaired) electrons. The van der Waals surface area contributed by atoms with Crippen molar-refractivity contribution in [3.63, 3.8) is 0 Å². The second-order valence-corrected chi connectivity index (χ2v) is 7.61. The molecule has 1 aromatic carbocycles. The average Bonchev–Trinajstić information content (AvgIpc) is 3.14. The fourth-order valence-corrected chi connectivity index (χ4v) is 4.29. The Balaban J connectivity index is 1.73. The Hall–Kier alpha value is -3.06. The van der Waals surface area contributed by atoms with E-state index in [-0.39, 0.29) is 17.6 Å². The molecule has 1 fully saturated rings. The molecule has 3 heterocycles. The predicted molar refractivity (Wildman–Crippen MR) is 107 cm³/mol. The summed E-state index contributed by atoms with van der Waals surface area (Å²) >= 11 is 0. The number of aromatic nitrogens is 5. The Morgan fingerprint density at radius 3 is 2.68 bits per heavy atom. The van der Waals surface area contributed by atoms with E-state index in [0.717, 1.165) is 53.3 Å². The van der Waals surface area contributed by atoms with Gasteiger partial charge in [0.25, 0.3) is 5.56 Å². The van der Waals surface area contributed by atoms with Crippen LogP contribution in [0.2, 0.25) is 0 Å². The second kappa shape index (κ2) is 6.53. The zero-order chi connectivity index (χ0) is 19.3. The van der Waals surface area contributed by atoms with E-state index in [0.29, 0.717) is 11.0 Å². The van der Waals surface area contributed by atoms with Crippen LogP contribution < -0.4 is 5.56 Å². The van der Waals surface area contributed by atoms with E-state index in [1.165, 1.54) is 6.33 Å². The highest BCUT2D eigenvalue weighted by Gasteiger charge is 2.25. The SMILES string of the molecule is Cn1cc(-c2ccc3c(c2)c(=O)[nH]c2ncnc(C4CCC(O)CC4)c23)cn1. The molecule has 1 saturated carbocycles. The number of aliphatic hydroxyl groups is 1. The maximum atomic E-state index is 12.7. The highest BCUT2D eigenvalue weighted by atomic mass is 16.3. The highest BCUT2D eigenvalue weighted by molar-refractivity contribution is 6.06. The monoisotopic (exact) mass is 375 g/mol. The molecular weight excluding hydrogens is 354 g/mol. The van der Waals surface area contributed by atoms with Crippen molar-refractivity contribution in [2.45, 2.75) is 37.7 Å². The average molecular weight is 375 g/mol. The van der Waals surface area contributed by atoms with Crippen LogP contribution in [-0.2, 0) is 7.05 Å². The van der Waals surface area contributed by atoms with Crippen LogP contribution in [0.15, 0.2) is 41.7 Å². The first-order valence-corrected chi connectivity index (χ1v) is 9.58. The summed E-state index contributed by atoms with van der Waals surface area (Å²) in [5, 5.41) is 16.5. The molecule has 1 aliphatic carbocycles. The second-order valence-electron chi connectivity index (χ2n) is 7.61. The number of aromatic amines is 1. The molecule has 5 rings (SSSR count). The van der Waals surface area contributed by atoms with Crippen molar-refractivity contribution >= 4 is 21.8 Å². The van der Waals surface area contributed by atoms with Crippen LogP contribution in [-0.4, -0.2) is 35.9 Å². The Morgan fingerprint density at radius 1 is 1.11 bits per heavy atom. The Bertz CT molecular complexity index is 1230. The van der Waals surface area contributed by atoms with Crippen LogP contribution in [0.5, 0.6) is 0 Å². The largest absolute Gasteiger partial charge is 0.393 e. The van der Waals surface area contributed by atoms with Crippen LogP contribution >= 0.6 is 0 Å². The number of hydrogen-bond acceptors (Lipinski definition) is 5. The first-order valence-electron chi connectivity index (χ1n) is 9.58. The normalized spacial score (nSPS) is 20.1. The zero-order valence-corrected chi connectivity index (χ0v) is 15.6. The third-order valence-electron chi connectivity index (χ3n) is 5.76. The quantitative estimate of drug-likeness (QED) is 0.525. The van der Waals surface area contributed by atoms with Gasteiger partial charge in [0, 0.05) is 40.9 Å². The van der Waals surface area contributed by atoms with Crippen molar-refractivity contribution in [1.82, 2.24) is 24.7 Å². The molecule has 0 saturated heterocycles. The van der Waals surface area contributed by atoms with E-state index in [1.54, 1.807) is 10.9 Å². The van der Waals surface area contributed by atoms with Gasteiger partial charge >= 0.3 is 0 Å². The van der Waals surface area contributed by atoms with E-state index in [4.69, 9.17) is 0 Å². The van der Waals surface area contributed by atoms with Gasteiger partial charge in [-0.25, -0.2) is 9.97 Å². The number of hydrogen-bond donors (Lipinski definition) is 2. The number of nitrogens with one attached hydrogen (secondary N) is 1. The van der Waals surface area contributed by atoms with Gasteiger partial charge in [-0.2, -0.15) is 5.10 Å². The van der Waals surface area contributed by atoms with Gasteiger partial charge in [0.1, 0.15) is 12.0 Å². The van der Waals surface area contributed by atoms with Gasteiger partial charge in [0.15, 0.2) is 0 Å². The van der Waals surface area contributed by atoms with Crippen molar-refractivity contribution in [1.29, 1.82) is 0 Å². The van der Waals surface area contributed by atoms with Crippen LogP contribution in [0.1, 0.15) is 37.3 Å². The molecule has 0 atom stereocenters. The number of aryl methyl sites for hydroxylation is 1. The smallest absolute Gasteiger partial charge is 0.257 e. The molecule has 0 amide bonds. The van der Waals surface area contributed by atoms with E-state index < -0.39 is 0 Å². The van der Waals surface area contributed by atoms with Crippen LogP contribution in [0.4, 0.5) is 0 Å². The van der Waals surface area contributed by atoms with Crippen molar-refractivity contribution < 1.29 is 5.11 Å². The summed E-state index contributed by atoms with van der Waals surface area (Å²) in [6.07, 6.45) is 8.36. The lowest BCUT2D eigenvalue weighted by atomic mass is 9.83.